The summed E-state index contributed by atoms with van der Waals surface area (Å²) in [5, 5.41) is 9.93. The van der Waals surface area contributed by atoms with Gasteiger partial charge in [-0.15, -0.1) is 0 Å². The van der Waals surface area contributed by atoms with Crippen LogP contribution in [0.1, 0.15) is 18.4 Å². The Balaban J connectivity index is 1.99. The van der Waals surface area contributed by atoms with Gasteiger partial charge in [0.05, 0.1) is 5.60 Å². The summed E-state index contributed by atoms with van der Waals surface area (Å²) in [6.45, 7) is 0. The molecule has 1 aliphatic carbocycles. The lowest BCUT2D eigenvalue weighted by Crippen LogP contribution is -2.52. The van der Waals surface area contributed by atoms with E-state index >= 15 is 0 Å². The van der Waals surface area contributed by atoms with Gasteiger partial charge in [-0.25, -0.2) is 0 Å². The number of rotatable bonds is 2. The molecule has 70 valence electrons. The molecule has 0 unspecified atom stereocenters. The second-order valence-corrected chi connectivity index (χ2v) is 3.93. The van der Waals surface area contributed by atoms with Crippen molar-refractivity contribution in [3.63, 3.8) is 0 Å². The second kappa shape index (κ2) is 3.09. The van der Waals surface area contributed by atoms with E-state index in [9.17, 15) is 5.11 Å². The first kappa shape index (κ1) is 8.66. The number of aliphatic hydroxyl groups is 1. The van der Waals surface area contributed by atoms with Crippen molar-refractivity contribution in [1.29, 1.82) is 0 Å². The van der Waals surface area contributed by atoms with Crippen molar-refractivity contribution in [2.45, 2.75) is 30.9 Å². The molecule has 0 aliphatic heterocycles. The highest BCUT2D eigenvalue weighted by Crippen LogP contribution is 2.33. The molecule has 1 heterocycles. The van der Waals surface area contributed by atoms with Crippen LogP contribution in [0.25, 0.3) is 0 Å². The van der Waals surface area contributed by atoms with E-state index in [1.54, 1.807) is 12.4 Å². The van der Waals surface area contributed by atoms with Crippen LogP contribution < -0.4 is 5.73 Å². The third-order valence-electron chi connectivity index (χ3n) is 2.54. The standard InChI is InChI=1S/C10H14N2O/c11-9-5-10(13,6-9)4-8-2-1-3-12-7-8/h1-3,7,9,13H,4-6,11H2. The Bertz CT molecular complexity index is 280. The fourth-order valence-corrected chi connectivity index (χ4v) is 1.94. The number of nitrogens with zero attached hydrogens (tertiary/aromatic N) is 1. The maximum atomic E-state index is 9.93. The maximum Gasteiger partial charge on any atom is 0.0718 e. The fraction of sp³-hybridized carbons (Fsp3) is 0.500. The predicted octanol–water partition coefficient (Wildman–Crippen LogP) is 0.476. The summed E-state index contributed by atoms with van der Waals surface area (Å²) in [4.78, 5) is 4.00. The summed E-state index contributed by atoms with van der Waals surface area (Å²) < 4.78 is 0. The molecule has 1 saturated carbocycles. The molecule has 3 nitrogen and oxygen atoms in total. The molecule has 0 amide bonds. The molecule has 0 spiro atoms. The molecule has 0 radical (unpaired) electrons. The van der Waals surface area contributed by atoms with Gasteiger partial charge in [-0.1, -0.05) is 6.07 Å². The van der Waals surface area contributed by atoms with Crippen molar-refractivity contribution in [1.82, 2.24) is 4.98 Å². The number of hydrogen-bond donors (Lipinski definition) is 2. The molecule has 0 saturated heterocycles. The zero-order chi connectivity index (χ0) is 9.31. The van der Waals surface area contributed by atoms with Crippen LogP contribution >= 0.6 is 0 Å². The Kier molecular flexibility index (Phi) is 2.06. The van der Waals surface area contributed by atoms with Gasteiger partial charge in [0, 0.05) is 24.9 Å². The van der Waals surface area contributed by atoms with Crippen molar-refractivity contribution >= 4 is 0 Å². The van der Waals surface area contributed by atoms with Crippen molar-refractivity contribution in [2.24, 2.45) is 5.73 Å². The van der Waals surface area contributed by atoms with E-state index in [0.29, 0.717) is 19.3 Å². The normalized spacial score (nSPS) is 32.6. The van der Waals surface area contributed by atoms with Crippen LogP contribution in [0.5, 0.6) is 0 Å². The topological polar surface area (TPSA) is 59.1 Å². The van der Waals surface area contributed by atoms with Gasteiger partial charge in [-0.3, -0.25) is 4.98 Å². The Hall–Kier alpha value is -0.930. The molecular weight excluding hydrogens is 164 g/mol. The first-order chi connectivity index (χ1) is 6.18. The SMILES string of the molecule is NC1CC(O)(Cc2cccnc2)C1. The van der Waals surface area contributed by atoms with E-state index in [-0.39, 0.29) is 6.04 Å². The third kappa shape index (κ3) is 1.87. The zero-order valence-corrected chi connectivity index (χ0v) is 7.48. The number of aromatic nitrogens is 1. The molecule has 1 fully saturated rings. The van der Waals surface area contributed by atoms with Gasteiger partial charge in [-0.2, -0.15) is 0 Å². The van der Waals surface area contributed by atoms with Gasteiger partial charge >= 0.3 is 0 Å². The number of pyridine rings is 1. The number of nitrogens with two attached hydrogens (primary N) is 1. The molecule has 1 aromatic rings. The van der Waals surface area contributed by atoms with Gasteiger partial charge in [0.25, 0.3) is 0 Å². The molecule has 1 aromatic heterocycles. The lowest BCUT2D eigenvalue weighted by Gasteiger charge is -2.41. The Morgan fingerprint density at radius 3 is 2.92 bits per heavy atom. The summed E-state index contributed by atoms with van der Waals surface area (Å²) in [5.74, 6) is 0. The van der Waals surface area contributed by atoms with Crippen LogP contribution in [0.15, 0.2) is 24.5 Å². The van der Waals surface area contributed by atoms with E-state index in [1.807, 2.05) is 12.1 Å². The lowest BCUT2D eigenvalue weighted by atomic mass is 9.73. The molecule has 1 aliphatic rings. The summed E-state index contributed by atoms with van der Waals surface area (Å²) in [5.41, 5.74) is 6.15. The van der Waals surface area contributed by atoms with Crippen LogP contribution in [0, 0.1) is 0 Å². The highest BCUT2D eigenvalue weighted by Gasteiger charge is 2.40. The monoisotopic (exact) mass is 178 g/mol. The van der Waals surface area contributed by atoms with E-state index in [0.717, 1.165) is 5.56 Å². The largest absolute Gasteiger partial charge is 0.389 e. The van der Waals surface area contributed by atoms with Crippen LogP contribution in [-0.2, 0) is 6.42 Å². The average molecular weight is 178 g/mol. The molecule has 0 aromatic carbocycles. The molecule has 3 heteroatoms. The first-order valence-corrected chi connectivity index (χ1v) is 4.55. The Labute approximate surface area is 77.6 Å². The van der Waals surface area contributed by atoms with Crippen molar-refractivity contribution in [3.05, 3.63) is 30.1 Å². The minimum Gasteiger partial charge on any atom is -0.389 e. The number of hydrogen-bond acceptors (Lipinski definition) is 3. The van der Waals surface area contributed by atoms with Gasteiger partial charge in [0.1, 0.15) is 0 Å². The molecule has 3 N–H and O–H groups in total. The van der Waals surface area contributed by atoms with Crippen LogP contribution in [0.2, 0.25) is 0 Å². The molecular formula is C10H14N2O. The lowest BCUT2D eigenvalue weighted by molar-refractivity contribution is -0.0455. The Morgan fingerprint density at radius 1 is 1.62 bits per heavy atom. The summed E-state index contributed by atoms with van der Waals surface area (Å²) in [6, 6.07) is 4.05. The van der Waals surface area contributed by atoms with Crippen LogP contribution in [0.4, 0.5) is 0 Å². The van der Waals surface area contributed by atoms with E-state index in [2.05, 4.69) is 4.98 Å². The minimum atomic E-state index is -0.567. The highest BCUT2D eigenvalue weighted by molar-refractivity contribution is 5.14. The van der Waals surface area contributed by atoms with E-state index < -0.39 is 5.60 Å². The molecule has 0 bridgehead atoms. The first-order valence-electron chi connectivity index (χ1n) is 4.55. The maximum absolute atomic E-state index is 9.93. The smallest absolute Gasteiger partial charge is 0.0718 e. The highest BCUT2D eigenvalue weighted by atomic mass is 16.3. The second-order valence-electron chi connectivity index (χ2n) is 3.93. The van der Waals surface area contributed by atoms with Crippen LogP contribution in [0.3, 0.4) is 0 Å². The fourth-order valence-electron chi connectivity index (χ4n) is 1.94. The predicted molar refractivity (Wildman–Crippen MR) is 50.1 cm³/mol. The zero-order valence-electron chi connectivity index (χ0n) is 7.48. The van der Waals surface area contributed by atoms with Crippen LogP contribution in [-0.4, -0.2) is 21.7 Å². The summed E-state index contributed by atoms with van der Waals surface area (Å²) >= 11 is 0. The molecule has 2 rings (SSSR count). The summed E-state index contributed by atoms with van der Waals surface area (Å²) in [6.07, 6.45) is 5.63. The quantitative estimate of drug-likeness (QED) is 0.692. The van der Waals surface area contributed by atoms with E-state index in [4.69, 9.17) is 5.73 Å². The van der Waals surface area contributed by atoms with Crippen molar-refractivity contribution in [3.8, 4) is 0 Å². The van der Waals surface area contributed by atoms with Gasteiger partial charge < -0.3 is 10.8 Å². The Morgan fingerprint density at radius 2 is 2.38 bits per heavy atom. The minimum absolute atomic E-state index is 0.182. The molecule has 0 atom stereocenters. The molecule has 13 heavy (non-hydrogen) atoms. The van der Waals surface area contributed by atoms with Crippen molar-refractivity contribution < 1.29 is 5.11 Å². The third-order valence-corrected chi connectivity index (χ3v) is 2.54. The van der Waals surface area contributed by atoms with Gasteiger partial charge in [0.15, 0.2) is 0 Å². The van der Waals surface area contributed by atoms with Gasteiger partial charge in [0.2, 0.25) is 0 Å². The van der Waals surface area contributed by atoms with E-state index in [1.165, 1.54) is 0 Å². The average Bonchev–Trinajstić information content (AvgIpc) is 2.03. The van der Waals surface area contributed by atoms with Gasteiger partial charge in [-0.05, 0) is 24.5 Å². The van der Waals surface area contributed by atoms with Crippen molar-refractivity contribution in [2.75, 3.05) is 0 Å². The summed E-state index contributed by atoms with van der Waals surface area (Å²) in [7, 11) is 0.